The summed E-state index contributed by atoms with van der Waals surface area (Å²) < 4.78 is 5.12. The Bertz CT molecular complexity index is 747. The molecule has 4 nitrogen and oxygen atoms in total. The zero-order chi connectivity index (χ0) is 17.1. The minimum Gasteiger partial charge on any atom is -0.447 e. The van der Waals surface area contributed by atoms with Crippen LogP contribution in [0.2, 0.25) is 5.02 Å². The maximum Gasteiger partial charge on any atom is 0.417 e. The van der Waals surface area contributed by atoms with Crippen molar-refractivity contribution in [2.45, 2.75) is 25.3 Å². The molecule has 0 aliphatic carbocycles. The lowest BCUT2D eigenvalue weighted by atomic mass is 9.98. The smallest absolute Gasteiger partial charge is 0.417 e. The molecule has 124 valence electrons. The number of ether oxygens (including phenoxy) is 1. The van der Waals surface area contributed by atoms with E-state index >= 15 is 0 Å². The van der Waals surface area contributed by atoms with Crippen LogP contribution in [-0.4, -0.2) is 29.5 Å². The second-order valence-corrected chi connectivity index (χ2v) is 6.34. The summed E-state index contributed by atoms with van der Waals surface area (Å²) in [5.41, 5.74) is 1.85. The predicted octanol–water partition coefficient (Wildman–Crippen LogP) is 4.03. The van der Waals surface area contributed by atoms with Crippen molar-refractivity contribution in [2.75, 3.05) is 6.61 Å². The molecule has 0 aromatic heterocycles. The monoisotopic (exact) mass is 343 g/mol. The van der Waals surface area contributed by atoms with Crippen LogP contribution in [0.25, 0.3) is 0 Å². The number of benzene rings is 2. The molecule has 1 heterocycles. The molecule has 0 saturated carbocycles. The summed E-state index contributed by atoms with van der Waals surface area (Å²) in [5.74, 6) is -0.728. The number of amides is 2. The Morgan fingerprint density at radius 1 is 1.25 bits per heavy atom. The van der Waals surface area contributed by atoms with Gasteiger partial charge in [0.1, 0.15) is 6.61 Å². The summed E-state index contributed by atoms with van der Waals surface area (Å²) in [6.07, 6.45) is 0.00966. The molecule has 0 radical (unpaired) electrons. The third kappa shape index (κ3) is 3.44. The molecule has 5 heteroatoms. The molecule has 0 N–H and O–H groups in total. The van der Waals surface area contributed by atoms with Crippen molar-refractivity contribution >= 4 is 23.6 Å². The molecule has 0 bridgehead atoms. The van der Waals surface area contributed by atoms with Crippen LogP contribution in [0.1, 0.15) is 24.0 Å². The lowest BCUT2D eigenvalue weighted by Gasteiger charge is -2.23. The molecule has 3 rings (SSSR count). The Kier molecular flexibility index (Phi) is 4.86. The van der Waals surface area contributed by atoms with Gasteiger partial charge in [0.2, 0.25) is 5.91 Å². The fourth-order valence-electron chi connectivity index (χ4n) is 2.89. The van der Waals surface area contributed by atoms with Crippen LogP contribution in [0.4, 0.5) is 4.79 Å². The Balaban J connectivity index is 1.79. The molecule has 1 aliphatic heterocycles. The first-order valence-corrected chi connectivity index (χ1v) is 8.23. The largest absolute Gasteiger partial charge is 0.447 e. The minimum absolute atomic E-state index is 0.224. The van der Waals surface area contributed by atoms with Crippen LogP contribution < -0.4 is 0 Å². The second kappa shape index (κ2) is 7.05. The van der Waals surface area contributed by atoms with Gasteiger partial charge in [0.15, 0.2) is 0 Å². The topological polar surface area (TPSA) is 46.6 Å². The number of carbonyl (C=O) groups is 2. The predicted molar refractivity (Wildman–Crippen MR) is 92.0 cm³/mol. The Morgan fingerprint density at radius 3 is 2.71 bits per heavy atom. The van der Waals surface area contributed by atoms with Gasteiger partial charge in [0, 0.05) is 5.02 Å². The molecular formula is C19H18ClNO3. The normalized spacial score (nSPS) is 18.3. The van der Waals surface area contributed by atoms with Crippen molar-refractivity contribution in [1.29, 1.82) is 0 Å². The van der Waals surface area contributed by atoms with Gasteiger partial charge in [-0.3, -0.25) is 4.79 Å². The van der Waals surface area contributed by atoms with Crippen LogP contribution in [0, 0.1) is 0 Å². The van der Waals surface area contributed by atoms with Crippen LogP contribution in [0.15, 0.2) is 54.6 Å². The van der Waals surface area contributed by atoms with Gasteiger partial charge >= 0.3 is 6.09 Å². The van der Waals surface area contributed by atoms with E-state index in [-0.39, 0.29) is 18.6 Å². The zero-order valence-electron chi connectivity index (χ0n) is 13.3. The first kappa shape index (κ1) is 16.5. The highest BCUT2D eigenvalue weighted by atomic mass is 35.5. The number of hydrogen-bond donors (Lipinski definition) is 0. The van der Waals surface area contributed by atoms with Crippen molar-refractivity contribution in [1.82, 2.24) is 4.90 Å². The number of rotatable bonds is 4. The van der Waals surface area contributed by atoms with Crippen molar-refractivity contribution in [3.8, 4) is 0 Å². The Labute approximate surface area is 146 Å². The molecule has 1 fully saturated rings. The van der Waals surface area contributed by atoms with Crippen molar-refractivity contribution in [2.24, 2.45) is 0 Å². The van der Waals surface area contributed by atoms with E-state index in [4.69, 9.17) is 16.3 Å². The molecule has 2 aromatic carbocycles. The van der Waals surface area contributed by atoms with Crippen LogP contribution in [0.3, 0.4) is 0 Å². The lowest BCUT2D eigenvalue weighted by Crippen LogP contribution is -2.42. The number of imide groups is 1. The van der Waals surface area contributed by atoms with Gasteiger partial charge < -0.3 is 4.74 Å². The standard InChI is InChI=1S/C19H18ClNO3/c1-13(15-8-5-9-16(20)11-15)18(22)21-17(12-24-19(21)23)10-14-6-3-2-4-7-14/h2-9,11,13,17H,10,12H2,1H3/t13-,17-/m1/s1. The van der Waals surface area contributed by atoms with Gasteiger partial charge in [0.05, 0.1) is 12.0 Å². The summed E-state index contributed by atoms with van der Waals surface area (Å²) in [7, 11) is 0. The highest BCUT2D eigenvalue weighted by molar-refractivity contribution is 6.30. The van der Waals surface area contributed by atoms with E-state index < -0.39 is 12.0 Å². The van der Waals surface area contributed by atoms with Crippen LogP contribution in [0.5, 0.6) is 0 Å². The number of cyclic esters (lactones) is 1. The minimum atomic E-state index is -0.574. The molecule has 2 aromatic rings. The van der Waals surface area contributed by atoms with E-state index in [2.05, 4.69) is 0 Å². The maximum absolute atomic E-state index is 12.9. The summed E-state index contributed by atoms with van der Waals surface area (Å²) >= 11 is 6.00. The SMILES string of the molecule is C[C@@H](C(=O)N1C(=O)OC[C@H]1Cc1ccccc1)c1cccc(Cl)c1. The van der Waals surface area contributed by atoms with Crippen molar-refractivity contribution in [3.05, 3.63) is 70.7 Å². The van der Waals surface area contributed by atoms with Crippen LogP contribution >= 0.6 is 11.6 Å². The van der Waals surface area contributed by atoms with E-state index in [0.717, 1.165) is 11.1 Å². The highest BCUT2D eigenvalue weighted by Crippen LogP contribution is 2.26. The van der Waals surface area contributed by atoms with Crippen molar-refractivity contribution < 1.29 is 14.3 Å². The number of halogens is 1. The average molecular weight is 344 g/mol. The van der Waals surface area contributed by atoms with E-state index in [1.807, 2.05) is 36.4 Å². The average Bonchev–Trinajstić information content (AvgIpc) is 2.95. The molecule has 24 heavy (non-hydrogen) atoms. The van der Waals surface area contributed by atoms with E-state index in [1.165, 1.54) is 4.90 Å². The van der Waals surface area contributed by atoms with Crippen LogP contribution in [-0.2, 0) is 16.0 Å². The third-order valence-corrected chi connectivity index (χ3v) is 4.47. The lowest BCUT2D eigenvalue weighted by molar-refractivity contribution is -0.130. The molecular weight excluding hydrogens is 326 g/mol. The van der Waals surface area contributed by atoms with Gasteiger partial charge in [-0.05, 0) is 36.6 Å². The van der Waals surface area contributed by atoms with Gasteiger partial charge in [-0.25, -0.2) is 9.69 Å². The summed E-state index contributed by atoms with van der Waals surface area (Å²) in [5, 5.41) is 0.567. The zero-order valence-corrected chi connectivity index (χ0v) is 14.1. The molecule has 2 amide bonds. The highest BCUT2D eigenvalue weighted by Gasteiger charge is 2.39. The first-order valence-electron chi connectivity index (χ1n) is 7.85. The van der Waals surface area contributed by atoms with E-state index in [1.54, 1.807) is 25.1 Å². The molecule has 1 saturated heterocycles. The summed E-state index contributed by atoms with van der Waals surface area (Å²) in [4.78, 5) is 26.2. The number of nitrogens with zero attached hydrogens (tertiary/aromatic N) is 1. The molecule has 2 atom stereocenters. The molecule has 0 unspecified atom stereocenters. The van der Waals surface area contributed by atoms with Crippen molar-refractivity contribution in [3.63, 3.8) is 0 Å². The van der Waals surface area contributed by atoms with Gasteiger partial charge in [0.25, 0.3) is 0 Å². The number of carbonyl (C=O) groups excluding carboxylic acids is 2. The van der Waals surface area contributed by atoms with Gasteiger partial charge in [-0.15, -0.1) is 0 Å². The van der Waals surface area contributed by atoms with E-state index in [9.17, 15) is 9.59 Å². The third-order valence-electron chi connectivity index (χ3n) is 4.23. The molecule has 1 aliphatic rings. The number of hydrogen-bond acceptors (Lipinski definition) is 3. The Hall–Kier alpha value is -2.33. The quantitative estimate of drug-likeness (QED) is 0.841. The maximum atomic E-state index is 12.9. The van der Waals surface area contributed by atoms with E-state index in [0.29, 0.717) is 11.4 Å². The molecule has 0 spiro atoms. The second-order valence-electron chi connectivity index (χ2n) is 5.91. The van der Waals surface area contributed by atoms with Gasteiger partial charge in [-0.1, -0.05) is 54.1 Å². The summed E-state index contributed by atoms with van der Waals surface area (Å²) in [6.45, 7) is 2.00. The first-order chi connectivity index (χ1) is 11.6. The fraction of sp³-hybridized carbons (Fsp3) is 0.263. The van der Waals surface area contributed by atoms with Gasteiger partial charge in [-0.2, -0.15) is 0 Å². The summed E-state index contributed by atoms with van der Waals surface area (Å²) in [6, 6.07) is 16.6. The Morgan fingerprint density at radius 2 is 2.00 bits per heavy atom. The fourth-order valence-corrected chi connectivity index (χ4v) is 3.09.